The fourth-order valence-corrected chi connectivity index (χ4v) is 9.95. The summed E-state index contributed by atoms with van der Waals surface area (Å²) in [5.74, 6) is 2.48. The van der Waals surface area contributed by atoms with E-state index >= 15 is 0 Å². The monoisotopic (exact) mass is 444 g/mol. The molecule has 1 aromatic carbocycles. The zero-order chi connectivity index (χ0) is 19.5. The summed E-state index contributed by atoms with van der Waals surface area (Å²) < 4.78 is 1.37. The number of Topliss-reactive ketones (excluding diaryl/α,β-unsaturated/α-hetero) is 1. The van der Waals surface area contributed by atoms with Crippen molar-refractivity contribution in [3.05, 3.63) is 42.0 Å². The number of aliphatic hydroxyl groups excluding tert-OH is 1. The van der Waals surface area contributed by atoms with Crippen molar-refractivity contribution >= 4 is 25.2 Å². The molecule has 4 aliphatic rings. The van der Waals surface area contributed by atoms with Crippen LogP contribution in [-0.4, -0.2) is 32.0 Å². The third-order valence-electron chi connectivity index (χ3n) is 8.81. The number of aliphatic hydroxyl groups is 1. The van der Waals surface area contributed by atoms with Gasteiger partial charge in [0.2, 0.25) is 0 Å². The quantitative estimate of drug-likeness (QED) is 0.547. The molecule has 0 aromatic heterocycles. The van der Waals surface area contributed by atoms with Crippen molar-refractivity contribution in [2.45, 2.75) is 69.7 Å². The van der Waals surface area contributed by atoms with Gasteiger partial charge in [-0.3, -0.25) is 0 Å². The summed E-state index contributed by atoms with van der Waals surface area (Å²) in [7, 11) is 0. The van der Waals surface area contributed by atoms with E-state index in [1.165, 1.54) is 16.5 Å². The minimum atomic E-state index is -0.143. The van der Waals surface area contributed by atoms with Gasteiger partial charge in [0.25, 0.3) is 0 Å². The van der Waals surface area contributed by atoms with E-state index in [2.05, 4.69) is 50.3 Å². The van der Waals surface area contributed by atoms with Crippen molar-refractivity contribution in [3.63, 3.8) is 0 Å². The fraction of sp³-hybridized carbons (Fsp3) is 0.640. The first-order chi connectivity index (χ1) is 13.4. The Kier molecular flexibility index (Phi) is 4.65. The van der Waals surface area contributed by atoms with Crippen LogP contribution in [-0.2, 0) is 4.79 Å². The Hall–Kier alpha value is -0.891. The molecule has 0 bridgehead atoms. The van der Waals surface area contributed by atoms with E-state index in [0.717, 1.165) is 38.5 Å². The number of benzene rings is 1. The van der Waals surface area contributed by atoms with Crippen LogP contribution >= 0.6 is 0 Å². The van der Waals surface area contributed by atoms with Crippen LogP contribution in [0.25, 0.3) is 0 Å². The molecule has 150 valence electrons. The summed E-state index contributed by atoms with van der Waals surface area (Å²) in [6, 6.07) is 10.7. The van der Waals surface area contributed by atoms with Crippen molar-refractivity contribution in [3.8, 4) is 0 Å². The van der Waals surface area contributed by atoms with E-state index in [0.29, 0.717) is 23.5 Å². The van der Waals surface area contributed by atoms with Gasteiger partial charge < -0.3 is 0 Å². The van der Waals surface area contributed by atoms with Gasteiger partial charge in [-0.1, -0.05) is 0 Å². The summed E-state index contributed by atoms with van der Waals surface area (Å²) in [6.07, 6.45) is 9.76. The molecule has 0 spiro atoms. The molecule has 1 aromatic rings. The second-order valence-corrected chi connectivity index (χ2v) is 12.8. The Bertz CT molecular complexity index is 802. The third kappa shape index (κ3) is 2.81. The number of hydrogen-bond donors (Lipinski definition) is 1. The van der Waals surface area contributed by atoms with E-state index in [1.54, 1.807) is 0 Å². The molecule has 5 rings (SSSR count). The Balaban J connectivity index is 1.42. The number of allylic oxidation sites excluding steroid dienone is 1. The van der Waals surface area contributed by atoms with Crippen LogP contribution in [0.3, 0.4) is 0 Å². The Labute approximate surface area is 175 Å². The molecule has 28 heavy (non-hydrogen) atoms. The first-order valence-electron chi connectivity index (χ1n) is 11.1. The van der Waals surface area contributed by atoms with Gasteiger partial charge in [-0.15, -0.1) is 0 Å². The number of carbonyl (C=O) groups excluding carboxylic acids is 1. The number of fused-ring (bicyclic) bond motifs is 5. The molecular formula is C25H32O2Se. The first kappa shape index (κ1) is 19.1. The Morgan fingerprint density at radius 3 is 2.57 bits per heavy atom. The van der Waals surface area contributed by atoms with Crippen molar-refractivity contribution in [1.29, 1.82) is 0 Å². The molecule has 1 N–H and O–H groups in total. The van der Waals surface area contributed by atoms with Crippen LogP contribution in [0.2, 0.25) is 4.82 Å². The topological polar surface area (TPSA) is 37.3 Å². The Morgan fingerprint density at radius 1 is 1.04 bits per heavy atom. The number of ketones is 1. The molecule has 3 saturated carbocycles. The standard InChI is InChI=1S/C25H32O2Se/c1-24-12-10-17(26)14-16(24)8-9-19-20(24)11-13-25(2)21(19)15-22(23(25)27)28-18-6-4-3-5-7-18/h3-8,17,19-22,26H,9-15H2,1-2H3/t17-,19+,20-,21-,22?,24-,25-/m0/s1. The van der Waals surface area contributed by atoms with Crippen molar-refractivity contribution < 1.29 is 9.90 Å². The average molecular weight is 443 g/mol. The normalized spacial score (nSPS) is 45.0. The zero-order valence-corrected chi connectivity index (χ0v) is 18.8. The van der Waals surface area contributed by atoms with Gasteiger partial charge in [0.05, 0.1) is 0 Å². The Morgan fingerprint density at radius 2 is 1.79 bits per heavy atom. The van der Waals surface area contributed by atoms with Crippen molar-refractivity contribution in [2.24, 2.45) is 28.6 Å². The van der Waals surface area contributed by atoms with Crippen LogP contribution in [0.4, 0.5) is 0 Å². The average Bonchev–Trinajstić information content (AvgIpc) is 2.94. The number of hydrogen-bond acceptors (Lipinski definition) is 2. The first-order valence-corrected chi connectivity index (χ1v) is 12.9. The molecule has 2 nitrogen and oxygen atoms in total. The molecule has 0 amide bonds. The third-order valence-corrected chi connectivity index (χ3v) is 11.4. The van der Waals surface area contributed by atoms with E-state index < -0.39 is 0 Å². The SMILES string of the molecule is C[C@]12CC[C@H](O)CC1=CC[C@@H]1[C@@H]2CC[C@]2(C)C(=O)C([Se]c3ccccc3)C[C@@H]12. The molecule has 1 unspecified atom stereocenters. The van der Waals surface area contributed by atoms with Gasteiger partial charge in [0, 0.05) is 0 Å². The molecular weight excluding hydrogens is 411 g/mol. The van der Waals surface area contributed by atoms with Gasteiger partial charge >= 0.3 is 175 Å². The molecule has 3 fully saturated rings. The molecule has 0 heterocycles. The predicted molar refractivity (Wildman–Crippen MR) is 114 cm³/mol. The van der Waals surface area contributed by atoms with Gasteiger partial charge in [-0.05, 0) is 0 Å². The fourth-order valence-electron chi connectivity index (χ4n) is 7.17. The molecule has 0 aliphatic heterocycles. The number of rotatable bonds is 2. The second kappa shape index (κ2) is 6.83. The second-order valence-electron chi connectivity index (χ2n) is 10.1. The maximum absolute atomic E-state index is 13.5. The van der Waals surface area contributed by atoms with Gasteiger partial charge in [-0.2, -0.15) is 0 Å². The summed E-state index contributed by atoms with van der Waals surface area (Å²) >= 11 is 0.253. The predicted octanol–water partition coefficient (Wildman–Crippen LogP) is 4.31. The summed E-state index contributed by atoms with van der Waals surface area (Å²) in [4.78, 5) is 13.8. The molecule has 7 atom stereocenters. The maximum atomic E-state index is 13.5. The molecule has 0 radical (unpaired) electrons. The summed E-state index contributed by atoms with van der Waals surface area (Å²) in [5.41, 5.74) is 1.68. The summed E-state index contributed by atoms with van der Waals surface area (Å²) in [6.45, 7) is 4.76. The summed E-state index contributed by atoms with van der Waals surface area (Å²) in [5, 5.41) is 10.2. The van der Waals surface area contributed by atoms with Crippen LogP contribution in [0.15, 0.2) is 42.0 Å². The van der Waals surface area contributed by atoms with Gasteiger partial charge in [-0.25, -0.2) is 0 Å². The van der Waals surface area contributed by atoms with E-state index in [9.17, 15) is 9.90 Å². The van der Waals surface area contributed by atoms with Crippen molar-refractivity contribution in [2.75, 3.05) is 0 Å². The molecule has 0 saturated heterocycles. The van der Waals surface area contributed by atoms with Crippen LogP contribution in [0, 0.1) is 28.6 Å². The van der Waals surface area contributed by atoms with Crippen LogP contribution in [0.5, 0.6) is 0 Å². The van der Waals surface area contributed by atoms with E-state index in [-0.39, 0.29) is 36.7 Å². The zero-order valence-electron chi connectivity index (χ0n) is 17.1. The minimum absolute atomic E-state index is 0.0990. The van der Waals surface area contributed by atoms with Crippen LogP contribution in [0.1, 0.15) is 58.8 Å². The van der Waals surface area contributed by atoms with Gasteiger partial charge in [0.1, 0.15) is 0 Å². The van der Waals surface area contributed by atoms with Gasteiger partial charge in [0.15, 0.2) is 0 Å². The van der Waals surface area contributed by atoms with E-state index in [4.69, 9.17) is 0 Å². The van der Waals surface area contributed by atoms with Crippen molar-refractivity contribution in [1.82, 2.24) is 0 Å². The molecule has 3 heteroatoms. The van der Waals surface area contributed by atoms with E-state index in [1.807, 2.05) is 0 Å². The molecule has 4 aliphatic carbocycles. The van der Waals surface area contributed by atoms with Crippen LogP contribution < -0.4 is 4.46 Å². The number of carbonyl (C=O) groups is 1.